The molecular formula is C17H19N3O3. The van der Waals surface area contributed by atoms with E-state index in [0.717, 1.165) is 17.0 Å². The minimum absolute atomic E-state index is 0.0957. The van der Waals surface area contributed by atoms with Gasteiger partial charge in [0.05, 0.1) is 12.8 Å². The van der Waals surface area contributed by atoms with Crippen LogP contribution < -0.4 is 10.1 Å². The number of hydrogen-bond donors (Lipinski definition) is 1. The van der Waals surface area contributed by atoms with Gasteiger partial charge in [0.15, 0.2) is 0 Å². The van der Waals surface area contributed by atoms with Crippen LogP contribution in [0.1, 0.15) is 5.56 Å². The molecule has 1 atom stereocenters. The van der Waals surface area contributed by atoms with Gasteiger partial charge < -0.3 is 19.7 Å². The maximum Gasteiger partial charge on any atom is 0.254 e. The first-order chi connectivity index (χ1) is 11.1. The minimum Gasteiger partial charge on any atom is -0.497 e. The molecule has 23 heavy (non-hydrogen) atoms. The number of methoxy groups -OCH3 is 1. The lowest BCUT2D eigenvalue weighted by molar-refractivity contribution is -0.112. The number of nitrogens with zero attached hydrogens (tertiary/aromatic N) is 2. The van der Waals surface area contributed by atoms with Crippen molar-refractivity contribution in [3.63, 3.8) is 0 Å². The highest BCUT2D eigenvalue weighted by Crippen LogP contribution is 2.33. The van der Waals surface area contributed by atoms with E-state index < -0.39 is 0 Å². The Hall–Kier alpha value is -2.89. The first kappa shape index (κ1) is 15.0. The predicted octanol–water partition coefficient (Wildman–Crippen LogP) is 1.70. The summed E-state index contributed by atoms with van der Waals surface area (Å²) in [6.45, 7) is 0. The highest BCUT2D eigenvalue weighted by Gasteiger charge is 2.37. The molecule has 1 aromatic rings. The highest BCUT2D eigenvalue weighted by molar-refractivity contribution is 6.09. The van der Waals surface area contributed by atoms with Gasteiger partial charge in [-0.25, -0.2) is 0 Å². The van der Waals surface area contributed by atoms with E-state index >= 15 is 0 Å². The molecule has 1 N–H and O–H groups in total. The zero-order valence-corrected chi connectivity index (χ0v) is 13.3. The van der Waals surface area contributed by atoms with Gasteiger partial charge in [0.1, 0.15) is 17.7 Å². The molecule has 0 radical (unpaired) electrons. The normalized spacial score (nSPS) is 18.9. The third-order valence-corrected chi connectivity index (χ3v) is 3.56. The Morgan fingerprint density at radius 1 is 1.43 bits per heavy atom. The molecule has 0 saturated carbocycles. The monoisotopic (exact) mass is 313 g/mol. The highest BCUT2D eigenvalue weighted by atomic mass is 16.5. The molecular weight excluding hydrogens is 294 g/mol. The molecule has 1 aromatic carbocycles. The number of ketones is 1. The van der Waals surface area contributed by atoms with Gasteiger partial charge >= 0.3 is 0 Å². The summed E-state index contributed by atoms with van der Waals surface area (Å²) in [5.74, 6) is 0.637. The molecule has 0 fully saturated rings. The first-order valence-electron chi connectivity index (χ1n) is 7.25. The van der Waals surface area contributed by atoms with Crippen molar-refractivity contribution in [1.82, 2.24) is 15.1 Å². The summed E-state index contributed by atoms with van der Waals surface area (Å²) in [6, 6.07) is 7.57. The van der Waals surface area contributed by atoms with Crippen LogP contribution in [0.3, 0.4) is 0 Å². The van der Waals surface area contributed by atoms with Crippen molar-refractivity contribution in [1.29, 1.82) is 0 Å². The lowest BCUT2D eigenvalue weighted by Gasteiger charge is -2.16. The summed E-state index contributed by atoms with van der Waals surface area (Å²) in [4.78, 5) is 16.3. The van der Waals surface area contributed by atoms with Gasteiger partial charge in [-0.2, -0.15) is 0 Å². The first-order valence-corrected chi connectivity index (χ1v) is 7.25. The smallest absolute Gasteiger partial charge is 0.254 e. The van der Waals surface area contributed by atoms with Crippen molar-refractivity contribution in [2.45, 2.75) is 6.35 Å². The molecule has 0 spiro atoms. The molecule has 0 aliphatic carbocycles. The molecule has 3 rings (SSSR count). The lowest BCUT2D eigenvalue weighted by Crippen LogP contribution is -2.32. The molecule has 2 aliphatic rings. The van der Waals surface area contributed by atoms with Gasteiger partial charge in [0, 0.05) is 38.1 Å². The van der Waals surface area contributed by atoms with Crippen molar-refractivity contribution < 1.29 is 14.3 Å². The van der Waals surface area contributed by atoms with Crippen LogP contribution in [-0.2, 0) is 9.53 Å². The van der Waals surface area contributed by atoms with Crippen molar-refractivity contribution in [3.8, 4) is 5.75 Å². The largest absolute Gasteiger partial charge is 0.497 e. The van der Waals surface area contributed by atoms with E-state index in [1.165, 1.54) is 0 Å². The van der Waals surface area contributed by atoms with Crippen LogP contribution in [0.4, 0.5) is 0 Å². The number of benzene rings is 1. The van der Waals surface area contributed by atoms with E-state index in [4.69, 9.17) is 9.47 Å². The maximum absolute atomic E-state index is 12.7. The average molecular weight is 313 g/mol. The molecule has 0 bridgehead atoms. The van der Waals surface area contributed by atoms with Gasteiger partial charge in [0.2, 0.25) is 5.78 Å². The summed E-state index contributed by atoms with van der Waals surface area (Å²) in [5.41, 5.74) is 2.15. The number of hydrogen-bond acceptors (Lipinski definition) is 6. The zero-order valence-electron chi connectivity index (χ0n) is 13.3. The topological polar surface area (TPSA) is 54.0 Å². The number of carbonyl (C=O) groups excluding carboxylic acids is 1. The van der Waals surface area contributed by atoms with Gasteiger partial charge in [-0.3, -0.25) is 9.69 Å². The Kier molecular flexibility index (Phi) is 3.97. The Balaban J connectivity index is 2.03. The average Bonchev–Trinajstić information content (AvgIpc) is 3.13. The Morgan fingerprint density at radius 3 is 3.00 bits per heavy atom. The molecule has 0 unspecified atom stereocenters. The van der Waals surface area contributed by atoms with Crippen molar-refractivity contribution in [3.05, 3.63) is 60.3 Å². The van der Waals surface area contributed by atoms with Gasteiger partial charge in [0.25, 0.3) is 6.35 Å². The molecule has 6 heteroatoms. The van der Waals surface area contributed by atoms with Crippen LogP contribution >= 0.6 is 0 Å². The molecule has 120 valence electrons. The van der Waals surface area contributed by atoms with E-state index in [0.29, 0.717) is 5.70 Å². The molecule has 0 aromatic heterocycles. The van der Waals surface area contributed by atoms with Crippen LogP contribution in [0, 0.1) is 0 Å². The SMILES string of the molecule is COc1cccc(C2=C(C(=O)/C=C\N(C)C)N3C=CO[C@H]3N2)c1. The van der Waals surface area contributed by atoms with E-state index in [2.05, 4.69) is 5.32 Å². The van der Waals surface area contributed by atoms with E-state index in [9.17, 15) is 4.79 Å². The lowest BCUT2D eigenvalue weighted by atomic mass is 10.1. The predicted molar refractivity (Wildman–Crippen MR) is 86.7 cm³/mol. The van der Waals surface area contributed by atoms with Crippen molar-refractivity contribution in [2.75, 3.05) is 21.2 Å². The van der Waals surface area contributed by atoms with Crippen LogP contribution in [0.5, 0.6) is 5.75 Å². The number of carbonyl (C=O) groups is 1. The number of rotatable bonds is 5. The summed E-state index contributed by atoms with van der Waals surface area (Å²) in [6.07, 6.45) is 6.21. The number of allylic oxidation sites excluding steroid dienone is 1. The number of nitrogens with one attached hydrogen (secondary N) is 1. The van der Waals surface area contributed by atoms with Crippen LogP contribution in [0.25, 0.3) is 5.70 Å². The van der Waals surface area contributed by atoms with E-state index in [1.54, 1.807) is 36.7 Å². The standard InChI is InChI=1S/C17H19N3O3/c1-19(2)8-7-14(21)16-15(18-17-20(16)9-10-23-17)12-5-4-6-13(11-12)22-3/h4-11,17-18H,1-3H3/b8-7-/t17-/m0/s1. The van der Waals surface area contributed by atoms with Gasteiger partial charge in [-0.05, 0) is 12.1 Å². The molecule has 2 aliphatic heterocycles. The number of fused-ring (bicyclic) bond motifs is 1. The molecule has 2 heterocycles. The third-order valence-electron chi connectivity index (χ3n) is 3.56. The van der Waals surface area contributed by atoms with Crippen LogP contribution in [0.2, 0.25) is 0 Å². The van der Waals surface area contributed by atoms with Crippen LogP contribution in [0.15, 0.2) is 54.7 Å². The fourth-order valence-electron chi connectivity index (χ4n) is 2.48. The number of ether oxygens (including phenoxy) is 2. The van der Waals surface area contributed by atoms with Crippen LogP contribution in [-0.4, -0.2) is 43.1 Å². The van der Waals surface area contributed by atoms with Crippen molar-refractivity contribution in [2.24, 2.45) is 0 Å². The fraction of sp³-hybridized carbons (Fsp3) is 0.235. The van der Waals surface area contributed by atoms with E-state index in [1.807, 2.05) is 43.3 Å². The quantitative estimate of drug-likeness (QED) is 0.835. The summed E-state index contributed by atoms with van der Waals surface area (Å²) in [7, 11) is 5.36. The summed E-state index contributed by atoms with van der Waals surface area (Å²) in [5, 5.41) is 3.24. The molecule has 0 saturated heterocycles. The Bertz CT molecular complexity index is 707. The zero-order chi connectivity index (χ0) is 16.4. The molecule has 6 nitrogen and oxygen atoms in total. The van der Waals surface area contributed by atoms with Gasteiger partial charge in [-0.15, -0.1) is 0 Å². The van der Waals surface area contributed by atoms with Crippen molar-refractivity contribution >= 4 is 11.5 Å². The maximum atomic E-state index is 12.7. The Labute approximate surface area is 135 Å². The Morgan fingerprint density at radius 2 is 2.26 bits per heavy atom. The summed E-state index contributed by atoms with van der Waals surface area (Å²) < 4.78 is 10.7. The second-order valence-corrected chi connectivity index (χ2v) is 5.42. The van der Waals surface area contributed by atoms with E-state index in [-0.39, 0.29) is 12.1 Å². The second-order valence-electron chi connectivity index (χ2n) is 5.42. The second kappa shape index (κ2) is 6.08. The fourth-order valence-corrected chi connectivity index (χ4v) is 2.48. The summed E-state index contributed by atoms with van der Waals surface area (Å²) >= 11 is 0. The minimum atomic E-state index is -0.386. The molecule has 0 amide bonds. The third kappa shape index (κ3) is 2.88. The van der Waals surface area contributed by atoms with Gasteiger partial charge in [-0.1, -0.05) is 12.1 Å².